The lowest BCUT2D eigenvalue weighted by atomic mass is 9.69. The van der Waals surface area contributed by atoms with Crippen LogP contribution in [-0.2, 0) is 4.79 Å². The van der Waals surface area contributed by atoms with Crippen molar-refractivity contribution in [2.24, 2.45) is 11.3 Å². The van der Waals surface area contributed by atoms with Crippen LogP contribution < -0.4 is 9.47 Å². The number of hydrogen-bond acceptors (Lipinski definition) is 5. The minimum Gasteiger partial charge on any atom is -0.492 e. The van der Waals surface area contributed by atoms with E-state index in [1.165, 1.54) is 70.6 Å². The van der Waals surface area contributed by atoms with Crippen LogP contribution in [-0.4, -0.2) is 17.6 Å². The van der Waals surface area contributed by atoms with Gasteiger partial charge in [-0.3, -0.25) is 9.78 Å². The Labute approximate surface area is 249 Å². The lowest BCUT2D eigenvalue weighted by molar-refractivity contribution is -0.140. The van der Waals surface area contributed by atoms with Gasteiger partial charge in [0.1, 0.15) is 11.5 Å². The second kappa shape index (κ2) is 18.5. The highest BCUT2D eigenvalue weighted by molar-refractivity contribution is 5.75. The van der Waals surface area contributed by atoms with Gasteiger partial charge in [0.05, 0.1) is 35.9 Å². The molecule has 1 aromatic carbocycles. The summed E-state index contributed by atoms with van der Waals surface area (Å²) >= 11 is 0. The average Bonchev–Trinajstić information content (AvgIpc) is 3.01. The summed E-state index contributed by atoms with van der Waals surface area (Å²) in [6.45, 7) is 5.20. The van der Waals surface area contributed by atoms with Gasteiger partial charge in [-0.25, -0.2) is 0 Å². The molecule has 2 aromatic rings. The van der Waals surface area contributed by atoms with Gasteiger partial charge in [-0.05, 0) is 74.9 Å². The first-order valence-corrected chi connectivity index (χ1v) is 16.4. The fourth-order valence-corrected chi connectivity index (χ4v) is 5.85. The van der Waals surface area contributed by atoms with Gasteiger partial charge in [0.2, 0.25) is 0 Å². The molecule has 0 radical (unpaired) electrons. The van der Waals surface area contributed by atoms with Crippen molar-refractivity contribution in [3.8, 4) is 28.8 Å². The van der Waals surface area contributed by atoms with Crippen molar-refractivity contribution in [3.63, 3.8) is 0 Å². The van der Waals surface area contributed by atoms with E-state index in [1.807, 2.05) is 36.4 Å². The van der Waals surface area contributed by atoms with Gasteiger partial charge in [-0.2, -0.15) is 5.26 Å². The highest BCUT2D eigenvalue weighted by Gasteiger charge is 2.38. The molecule has 0 N–H and O–H groups in total. The predicted octanol–water partition coefficient (Wildman–Crippen LogP) is 10.2. The van der Waals surface area contributed by atoms with Crippen molar-refractivity contribution >= 4 is 5.97 Å². The van der Waals surface area contributed by atoms with E-state index in [9.17, 15) is 10.1 Å². The molecular formula is C36H52N2O3. The first-order chi connectivity index (χ1) is 20.1. The van der Waals surface area contributed by atoms with Crippen molar-refractivity contribution in [2.45, 2.75) is 129 Å². The minimum atomic E-state index is -0.258. The maximum Gasteiger partial charge on any atom is 0.314 e. The quantitative estimate of drug-likeness (QED) is 0.0970. The summed E-state index contributed by atoms with van der Waals surface area (Å²) in [7, 11) is 0. The molecule has 1 heterocycles. The summed E-state index contributed by atoms with van der Waals surface area (Å²) in [5.74, 6) is 1.04. The Balaban J connectivity index is 1.37. The van der Waals surface area contributed by atoms with Crippen molar-refractivity contribution in [1.82, 2.24) is 4.98 Å². The fraction of sp³-hybridized carbons (Fsp3) is 0.639. The molecule has 1 aliphatic rings. The number of nitrogens with zero attached hydrogens (tertiary/aromatic N) is 2. The van der Waals surface area contributed by atoms with Gasteiger partial charge < -0.3 is 9.47 Å². The van der Waals surface area contributed by atoms with Crippen molar-refractivity contribution in [1.29, 1.82) is 5.26 Å². The smallest absolute Gasteiger partial charge is 0.314 e. The summed E-state index contributed by atoms with van der Waals surface area (Å²) in [5, 5.41) is 9.86. The summed E-state index contributed by atoms with van der Waals surface area (Å²) in [6, 6.07) is 14.1. The van der Waals surface area contributed by atoms with Crippen LogP contribution in [0.3, 0.4) is 0 Å². The van der Waals surface area contributed by atoms with Crippen molar-refractivity contribution in [3.05, 3.63) is 42.6 Å². The Morgan fingerprint density at radius 3 is 2.00 bits per heavy atom. The molecule has 0 aliphatic heterocycles. The van der Waals surface area contributed by atoms with Crippen LogP contribution in [0.5, 0.6) is 11.5 Å². The molecule has 5 heteroatoms. The number of benzene rings is 1. The summed E-state index contributed by atoms with van der Waals surface area (Å²) in [6.07, 6.45) is 22.1. The number of esters is 1. The van der Waals surface area contributed by atoms with Gasteiger partial charge in [-0.15, -0.1) is 0 Å². The SMILES string of the molecule is CCCCCCCCCCOc1ccc(-c2ccc(OC(=O)C3CCC(C#N)(CCCCCCC)CC3)cc2)nc1. The van der Waals surface area contributed by atoms with Gasteiger partial charge >= 0.3 is 5.97 Å². The molecule has 0 amide bonds. The number of carbonyl (C=O) groups is 1. The van der Waals surface area contributed by atoms with Gasteiger partial charge in [-0.1, -0.05) is 90.9 Å². The van der Waals surface area contributed by atoms with Crippen LogP contribution in [0.25, 0.3) is 11.3 Å². The Morgan fingerprint density at radius 2 is 1.41 bits per heavy atom. The Kier molecular flexibility index (Phi) is 14.8. The van der Waals surface area contributed by atoms with E-state index < -0.39 is 0 Å². The van der Waals surface area contributed by atoms with E-state index >= 15 is 0 Å². The highest BCUT2D eigenvalue weighted by Crippen LogP contribution is 2.43. The second-order valence-electron chi connectivity index (χ2n) is 12.0. The summed E-state index contributed by atoms with van der Waals surface area (Å²) in [4.78, 5) is 17.4. The number of carbonyl (C=O) groups excluding carboxylic acids is 1. The molecule has 0 atom stereocenters. The van der Waals surface area contributed by atoms with Crippen LogP contribution in [0.15, 0.2) is 42.6 Å². The van der Waals surface area contributed by atoms with Crippen LogP contribution in [0, 0.1) is 22.7 Å². The zero-order valence-corrected chi connectivity index (χ0v) is 25.7. The molecule has 5 nitrogen and oxygen atoms in total. The van der Waals surface area contributed by atoms with Crippen molar-refractivity contribution < 1.29 is 14.3 Å². The normalized spacial score (nSPS) is 18.5. The third kappa shape index (κ3) is 11.5. The molecule has 0 spiro atoms. The van der Waals surface area contributed by atoms with Crippen LogP contribution >= 0.6 is 0 Å². The van der Waals surface area contributed by atoms with Crippen LogP contribution in [0.4, 0.5) is 0 Å². The Bertz CT molecular complexity index is 1030. The molecular weight excluding hydrogens is 508 g/mol. The molecule has 0 saturated heterocycles. The molecule has 41 heavy (non-hydrogen) atoms. The Hall–Kier alpha value is -2.87. The van der Waals surface area contributed by atoms with E-state index in [0.29, 0.717) is 5.75 Å². The minimum absolute atomic E-state index is 0.128. The largest absolute Gasteiger partial charge is 0.492 e. The molecule has 1 fully saturated rings. The van der Waals surface area contributed by atoms with Gasteiger partial charge in [0, 0.05) is 5.56 Å². The number of ether oxygens (including phenoxy) is 2. The zero-order valence-electron chi connectivity index (χ0n) is 25.7. The lowest BCUT2D eigenvalue weighted by Crippen LogP contribution is -2.31. The molecule has 3 rings (SSSR count). The average molecular weight is 561 g/mol. The van der Waals surface area contributed by atoms with E-state index in [0.717, 1.165) is 68.6 Å². The van der Waals surface area contributed by atoms with E-state index in [2.05, 4.69) is 24.9 Å². The molecule has 224 valence electrons. The van der Waals surface area contributed by atoms with Crippen LogP contribution in [0.2, 0.25) is 0 Å². The van der Waals surface area contributed by atoms with Gasteiger partial charge in [0.25, 0.3) is 0 Å². The van der Waals surface area contributed by atoms with E-state index in [4.69, 9.17) is 9.47 Å². The zero-order chi connectivity index (χ0) is 29.2. The monoisotopic (exact) mass is 560 g/mol. The molecule has 1 aliphatic carbocycles. The molecule has 1 saturated carbocycles. The lowest BCUT2D eigenvalue weighted by Gasteiger charge is -2.34. The topological polar surface area (TPSA) is 72.2 Å². The molecule has 1 aromatic heterocycles. The number of aromatic nitrogens is 1. The van der Waals surface area contributed by atoms with E-state index in [-0.39, 0.29) is 17.3 Å². The second-order valence-corrected chi connectivity index (χ2v) is 12.0. The molecule has 0 unspecified atom stereocenters. The summed E-state index contributed by atoms with van der Waals surface area (Å²) < 4.78 is 11.6. The van der Waals surface area contributed by atoms with Crippen molar-refractivity contribution in [2.75, 3.05) is 6.61 Å². The number of unbranched alkanes of at least 4 members (excludes halogenated alkanes) is 11. The maximum atomic E-state index is 12.9. The van der Waals surface area contributed by atoms with Crippen LogP contribution in [0.1, 0.15) is 129 Å². The molecule has 0 bridgehead atoms. The first-order valence-electron chi connectivity index (χ1n) is 16.4. The third-order valence-electron chi connectivity index (χ3n) is 8.64. The number of rotatable bonds is 19. The first kappa shape index (κ1) is 32.6. The van der Waals surface area contributed by atoms with Gasteiger partial charge in [0.15, 0.2) is 0 Å². The number of pyridine rings is 1. The highest BCUT2D eigenvalue weighted by atomic mass is 16.5. The summed E-state index contributed by atoms with van der Waals surface area (Å²) in [5.41, 5.74) is 1.57. The third-order valence-corrected chi connectivity index (χ3v) is 8.64. The predicted molar refractivity (Wildman–Crippen MR) is 167 cm³/mol. The van der Waals surface area contributed by atoms with E-state index in [1.54, 1.807) is 6.20 Å². The number of nitriles is 1. The standard InChI is InChI=1S/C36H52N2O3/c1-3-5-7-9-10-11-13-15-27-40-33-20-21-34(38-28-33)30-16-18-32(19-17-30)41-35(39)31-22-25-36(29-37,26-23-31)24-14-12-8-6-4-2/h16-21,28,31H,3-15,22-27H2,1-2H3. The number of hydrogen-bond donors (Lipinski definition) is 0. The maximum absolute atomic E-state index is 12.9. The Morgan fingerprint density at radius 1 is 0.829 bits per heavy atom. The fourth-order valence-electron chi connectivity index (χ4n) is 5.85.